The van der Waals surface area contributed by atoms with Crippen LogP contribution < -0.4 is 5.32 Å². The third-order valence-electron chi connectivity index (χ3n) is 3.44. The number of aliphatic hydroxyl groups is 1. The van der Waals surface area contributed by atoms with Gasteiger partial charge in [-0.2, -0.15) is 11.8 Å². The highest BCUT2D eigenvalue weighted by Gasteiger charge is 2.38. The molecule has 2 aliphatic rings. The fourth-order valence-corrected chi connectivity index (χ4v) is 3.80. The first-order valence-electron chi connectivity index (χ1n) is 5.91. The minimum atomic E-state index is 0.163. The lowest BCUT2D eigenvalue weighted by atomic mass is 9.85. The lowest BCUT2D eigenvalue weighted by molar-refractivity contribution is -0.0933. The van der Waals surface area contributed by atoms with Gasteiger partial charge in [0.1, 0.15) is 0 Å². The smallest absolute Gasteiger partial charge is 0.0713 e. The molecule has 2 heterocycles. The Bertz CT molecular complexity index is 190. The van der Waals surface area contributed by atoms with Crippen LogP contribution in [-0.2, 0) is 4.74 Å². The molecule has 1 unspecified atom stereocenters. The molecule has 2 fully saturated rings. The Morgan fingerprint density at radius 2 is 2.20 bits per heavy atom. The minimum Gasteiger partial charge on any atom is -0.395 e. The molecule has 0 aromatic carbocycles. The second kappa shape index (κ2) is 5.53. The van der Waals surface area contributed by atoms with Crippen molar-refractivity contribution in [2.45, 2.75) is 37.3 Å². The molecule has 88 valence electrons. The lowest BCUT2D eigenvalue weighted by Crippen LogP contribution is -2.49. The van der Waals surface area contributed by atoms with Crippen LogP contribution in [0, 0.1) is 0 Å². The highest BCUT2D eigenvalue weighted by Crippen LogP contribution is 2.37. The predicted molar refractivity (Wildman–Crippen MR) is 63.4 cm³/mol. The van der Waals surface area contributed by atoms with Crippen molar-refractivity contribution in [3.8, 4) is 0 Å². The van der Waals surface area contributed by atoms with Crippen LogP contribution in [0.25, 0.3) is 0 Å². The highest BCUT2D eigenvalue weighted by molar-refractivity contribution is 7.99. The van der Waals surface area contributed by atoms with Gasteiger partial charge < -0.3 is 15.2 Å². The van der Waals surface area contributed by atoms with Gasteiger partial charge in [0.2, 0.25) is 0 Å². The molecule has 0 bridgehead atoms. The number of aliphatic hydroxyl groups excluding tert-OH is 1. The van der Waals surface area contributed by atoms with Crippen LogP contribution in [0.15, 0.2) is 0 Å². The van der Waals surface area contributed by atoms with Crippen LogP contribution in [0.5, 0.6) is 0 Å². The van der Waals surface area contributed by atoms with E-state index in [4.69, 9.17) is 9.84 Å². The van der Waals surface area contributed by atoms with Crippen LogP contribution in [0.3, 0.4) is 0 Å². The molecule has 15 heavy (non-hydrogen) atoms. The van der Waals surface area contributed by atoms with Gasteiger partial charge in [-0.1, -0.05) is 0 Å². The normalized spacial score (nSPS) is 30.6. The molecular formula is C11H21NO2S. The quantitative estimate of drug-likeness (QED) is 0.761. The number of hydrogen-bond acceptors (Lipinski definition) is 4. The summed E-state index contributed by atoms with van der Waals surface area (Å²) in [5.41, 5.74) is 0.163. The van der Waals surface area contributed by atoms with Gasteiger partial charge in [-0.3, -0.25) is 0 Å². The molecule has 4 heteroatoms. The Kier molecular flexibility index (Phi) is 4.31. The summed E-state index contributed by atoms with van der Waals surface area (Å²) >= 11 is 2.04. The van der Waals surface area contributed by atoms with Crippen molar-refractivity contribution in [2.75, 3.05) is 31.3 Å². The van der Waals surface area contributed by atoms with Crippen LogP contribution >= 0.6 is 11.8 Å². The largest absolute Gasteiger partial charge is 0.395 e. The molecule has 2 rings (SSSR count). The van der Waals surface area contributed by atoms with E-state index in [1.807, 2.05) is 11.8 Å². The maximum atomic E-state index is 8.80. The second-order valence-electron chi connectivity index (χ2n) is 4.51. The van der Waals surface area contributed by atoms with E-state index in [1.54, 1.807) is 0 Å². The highest BCUT2D eigenvalue weighted by atomic mass is 32.2. The summed E-state index contributed by atoms with van der Waals surface area (Å²) < 4.78 is 6.00. The summed E-state index contributed by atoms with van der Waals surface area (Å²) in [5, 5.41) is 12.2. The first-order chi connectivity index (χ1) is 7.35. The van der Waals surface area contributed by atoms with E-state index in [9.17, 15) is 0 Å². The van der Waals surface area contributed by atoms with Crippen molar-refractivity contribution in [3.63, 3.8) is 0 Å². The van der Waals surface area contributed by atoms with Crippen molar-refractivity contribution in [1.82, 2.24) is 5.32 Å². The van der Waals surface area contributed by atoms with E-state index in [-0.39, 0.29) is 12.2 Å². The maximum Gasteiger partial charge on any atom is 0.0713 e. The summed E-state index contributed by atoms with van der Waals surface area (Å²) in [6.07, 6.45) is 4.63. The van der Waals surface area contributed by atoms with Gasteiger partial charge in [0.25, 0.3) is 0 Å². The second-order valence-corrected chi connectivity index (χ2v) is 5.74. The molecule has 1 atom stereocenters. The molecule has 0 aliphatic carbocycles. The molecule has 1 spiro atoms. The van der Waals surface area contributed by atoms with Gasteiger partial charge in [0.05, 0.1) is 12.2 Å². The Balaban J connectivity index is 1.85. The third-order valence-corrected chi connectivity index (χ3v) is 4.43. The summed E-state index contributed by atoms with van der Waals surface area (Å²) in [6, 6.07) is 0.550. The van der Waals surface area contributed by atoms with Crippen molar-refractivity contribution in [1.29, 1.82) is 0 Å². The predicted octanol–water partition coefficient (Wildman–Crippen LogP) is 1.01. The van der Waals surface area contributed by atoms with Gasteiger partial charge >= 0.3 is 0 Å². The molecule has 0 saturated carbocycles. The number of thioether (sulfide) groups is 1. The van der Waals surface area contributed by atoms with Gasteiger partial charge in [0.15, 0.2) is 0 Å². The first kappa shape index (κ1) is 11.7. The van der Waals surface area contributed by atoms with Crippen molar-refractivity contribution in [3.05, 3.63) is 0 Å². The van der Waals surface area contributed by atoms with E-state index in [2.05, 4.69) is 5.32 Å². The molecule has 0 aromatic heterocycles. The average molecular weight is 231 g/mol. The van der Waals surface area contributed by atoms with E-state index in [1.165, 1.54) is 24.3 Å². The molecule has 3 nitrogen and oxygen atoms in total. The zero-order valence-corrected chi connectivity index (χ0v) is 10.0. The molecule has 2 N–H and O–H groups in total. The van der Waals surface area contributed by atoms with Crippen LogP contribution in [0.4, 0.5) is 0 Å². The monoisotopic (exact) mass is 231 g/mol. The SMILES string of the molecule is OCCNC1CCOC2(CCSCC2)C1. The lowest BCUT2D eigenvalue weighted by Gasteiger charge is -2.43. The van der Waals surface area contributed by atoms with Crippen molar-refractivity contribution >= 4 is 11.8 Å². The fourth-order valence-electron chi connectivity index (χ4n) is 2.56. The Morgan fingerprint density at radius 3 is 2.93 bits per heavy atom. The van der Waals surface area contributed by atoms with E-state index >= 15 is 0 Å². The number of ether oxygens (including phenoxy) is 1. The molecule has 0 amide bonds. The number of hydrogen-bond donors (Lipinski definition) is 2. The standard InChI is InChI=1S/C11H21NO2S/c13-5-4-12-10-1-6-14-11(9-10)2-7-15-8-3-11/h10,12-13H,1-9H2. The molecule has 0 aromatic rings. The summed E-state index contributed by atoms with van der Waals surface area (Å²) in [6.45, 7) is 1.84. The van der Waals surface area contributed by atoms with Gasteiger partial charge in [-0.25, -0.2) is 0 Å². The van der Waals surface area contributed by atoms with Crippen LogP contribution in [-0.4, -0.2) is 48.0 Å². The summed E-state index contributed by atoms with van der Waals surface area (Å²) in [7, 11) is 0. The van der Waals surface area contributed by atoms with E-state index in [0.29, 0.717) is 6.04 Å². The number of rotatable bonds is 3. The zero-order chi connectivity index (χ0) is 10.6. The third kappa shape index (κ3) is 3.09. The molecular weight excluding hydrogens is 210 g/mol. The molecule has 2 aliphatic heterocycles. The van der Waals surface area contributed by atoms with E-state index in [0.717, 1.165) is 26.0 Å². The fraction of sp³-hybridized carbons (Fsp3) is 1.00. The summed E-state index contributed by atoms with van der Waals surface area (Å²) in [5.74, 6) is 2.49. The van der Waals surface area contributed by atoms with Crippen molar-refractivity contribution in [2.24, 2.45) is 0 Å². The van der Waals surface area contributed by atoms with Crippen LogP contribution in [0.1, 0.15) is 25.7 Å². The van der Waals surface area contributed by atoms with Gasteiger partial charge in [-0.05, 0) is 37.2 Å². The Hall–Kier alpha value is 0.230. The zero-order valence-electron chi connectivity index (χ0n) is 9.21. The Morgan fingerprint density at radius 1 is 1.40 bits per heavy atom. The Labute approximate surface area is 96.0 Å². The van der Waals surface area contributed by atoms with E-state index < -0.39 is 0 Å². The molecule has 2 saturated heterocycles. The first-order valence-corrected chi connectivity index (χ1v) is 7.06. The topological polar surface area (TPSA) is 41.5 Å². The van der Waals surface area contributed by atoms with Gasteiger partial charge in [-0.15, -0.1) is 0 Å². The molecule has 0 radical (unpaired) electrons. The number of nitrogens with one attached hydrogen (secondary N) is 1. The van der Waals surface area contributed by atoms with Gasteiger partial charge in [0, 0.05) is 19.2 Å². The van der Waals surface area contributed by atoms with Crippen molar-refractivity contribution < 1.29 is 9.84 Å². The average Bonchev–Trinajstić information content (AvgIpc) is 2.28. The maximum absolute atomic E-state index is 8.80. The summed E-state index contributed by atoms with van der Waals surface area (Å²) in [4.78, 5) is 0. The van der Waals surface area contributed by atoms with Crippen LogP contribution in [0.2, 0.25) is 0 Å². The minimum absolute atomic E-state index is 0.163.